The second-order valence-corrected chi connectivity index (χ2v) is 12.5. The van der Waals surface area contributed by atoms with Crippen LogP contribution < -0.4 is 21.7 Å². The van der Waals surface area contributed by atoms with Crippen LogP contribution in [0.25, 0.3) is 0 Å². The first-order chi connectivity index (χ1) is 21.8. The topological polar surface area (TPSA) is 160 Å². The summed E-state index contributed by atoms with van der Waals surface area (Å²) in [4.78, 5) is 51.6. The number of rotatable bonds is 15. The summed E-state index contributed by atoms with van der Waals surface area (Å²) in [6.07, 6.45) is -1.04. The molecular formula is C36H46N4O6. The van der Waals surface area contributed by atoms with Crippen molar-refractivity contribution in [3.63, 3.8) is 0 Å². The predicted octanol–water partition coefficient (Wildman–Crippen LogP) is 3.45. The lowest BCUT2D eigenvalue weighted by molar-refractivity contribution is -0.132. The summed E-state index contributed by atoms with van der Waals surface area (Å²) in [5.74, 6) is -2.48. The van der Waals surface area contributed by atoms with Gasteiger partial charge < -0.3 is 31.5 Å². The molecule has 3 rings (SSSR count). The van der Waals surface area contributed by atoms with E-state index >= 15 is 0 Å². The Balaban J connectivity index is 1.76. The van der Waals surface area contributed by atoms with Crippen molar-refractivity contribution in [1.29, 1.82) is 0 Å². The minimum atomic E-state index is -1.14. The molecule has 3 aromatic rings. The average molecular weight is 631 g/mol. The van der Waals surface area contributed by atoms with Crippen LogP contribution in [0.4, 0.5) is 4.79 Å². The van der Waals surface area contributed by atoms with Crippen LogP contribution in [0.3, 0.4) is 0 Å². The van der Waals surface area contributed by atoms with Crippen molar-refractivity contribution >= 4 is 23.8 Å². The molecule has 10 nitrogen and oxygen atoms in total. The number of primary amides is 1. The summed E-state index contributed by atoms with van der Waals surface area (Å²) in [7, 11) is 0. The molecular weight excluding hydrogens is 584 g/mol. The van der Waals surface area contributed by atoms with Crippen molar-refractivity contribution < 1.29 is 29.0 Å². The quantitative estimate of drug-likeness (QED) is 0.173. The Morgan fingerprint density at radius 1 is 0.717 bits per heavy atom. The molecule has 0 radical (unpaired) electrons. The molecule has 1 unspecified atom stereocenters. The third-order valence-electron chi connectivity index (χ3n) is 7.38. The van der Waals surface area contributed by atoms with E-state index < -0.39 is 59.6 Å². The van der Waals surface area contributed by atoms with Crippen LogP contribution in [0, 0.1) is 5.92 Å². The van der Waals surface area contributed by atoms with Gasteiger partial charge in [-0.3, -0.25) is 14.4 Å². The summed E-state index contributed by atoms with van der Waals surface area (Å²) in [5, 5.41) is 19.7. The average Bonchev–Trinajstić information content (AvgIpc) is 3.00. The second-order valence-electron chi connectivity index (χ2n) is 12.5. The van der Waals surface area contributed by atoms with Gasteiger partial charge in [-0.1, -0.05) is 91.0 Å². The van der Waals surface area contributed by atoms with E-state index in [9.17, 15) is 24.3 Å². The van der Waals surface area contributed by atoms with Gasteiger partial charge in [-0.15, -0.1) is 0 Å². The van der Waals surface area contributed by atoms with Crippen molar-refractivity contribution in [3.05, 3.63) is 108 Å². The number of aliphatic hydroxyl groups excluding tert-OH is 1. The first-order valence-corrected chi connectivity index (χ1v) is 15.5. The third-order valence-corrected chi connectivity index (χ3v) is 7.38. The smallest absolute Gasteiger partial charge is 0.407 e. The first kappa shape index (κ1) is 35.8. The summed E-state index contributed by atoms with van der Waals surface area (Å²) in [6, 6.07) is 25.2. The van der Waals surface area contributed by atoms with Crippen LogP contribution in [-0.2, 0) is 38.4 Å². The molecule has 3 aromatic carbocycles. The van der Waals surface area contributed by atoms with E-state index in [1.807, 2.05) is 91.0 Å². The van der Waals surface area contributed by atoms with E-state index in [4.69, 9.17) is 10.5 Å². The molecule has 5 atom stereocenters. The Bertz CT molecular complexity index is 1410. The van der Waals surface area contributed by atoms with E-state index in [1.54, 1.807) is 20.8 Å². The number of ether oxygens (including phenoxy) is 1. The SMILES string of the molecule is C[C@H](NC(=O)[C@H](Cc1ccccc1)CC(O)[C@H](Cc1ccccc1)NC(=O)OC(C)(C)C)C(=O)N[C@@H](Cc1ccccc1)C(N)=O. The highest BCUT2D eigenvalue weighted by molar-refractivity contribution is 5.92. The molecule has 0 saturated carbocycles. The fourth-order valence-corrected chi connectivity index (χ4v) is 5.01. The summed E-state index contributed by atoms with van der Waals surface area (Å²) in [5.41, 5.74) is 7.40. The third kappa shape index (κ3) is 12.4. The minimum absolute atomic E-state index is 0.0136. The van der Waals surface area contributed by atoms with Gasteiger partial charge in [0.1, 0.15) is 17.7 Å². The molecule has 6 N–H and O–H groups in total. The van der Waals surface area contributed by atoms with Crippen LogP contribution in [0.5, 0.6) is 0 Å². The van der Waals surface area contributed by atoms with Crippen molar-refractivity contribution in [3.8, 4) is 0 Å². The number of amides is 4. The molecule has 0 aromatic heterocycles. The van der Waals surface area contributed by atoms with Gasteiger partial charge in [0.2, 0.25) is 17.7 Å². The zero-order valence-electron chi connectivity index (χ0n) is 26.9. The van der Waals surface area contributed by atoms with Crippen LogP contribution in [0.15, 0.2) is 91.0 Å². The number of carbonyl (C=O) groups excluding carboxylic acids is 4. The van der Waals surface area contributed by atoms with Crippen LogP contribution in [0.1, 0.15) is 50.8 Å². The molecule has 0 bridgehead atoms. The predicted molar refractivity (Wildman–Crippen MR) is 176 cm³/mol. The number of hydrogen-bond acceptors (Lipinski definition) is 6. The van der Waals surface area contributed by atoms with E-state index in [0.29, 0.717) is 6.42 Å². The zero-order valence-corrected chi connectivity index (χ0v) is 26.9. The van der Waals surface area contributed by atoms with Gasteiger partial charge in [-0.05, 0) is 63.6 Å². The van der Waals surface area contributed by atoms with Gasteiger partial charge in [0.15, 0.2) is 0 Å². The van der Waals surface area contributed by atoms with E-state index in [2.05, 4.69) is 16.0 Å². The molecule has 0 spiro atoms. The summed E-state index contributed by atoms with van der Waals surface area (Å²) >= 11 is 0. The van der Waals surface area contributed by atoms with Crippen molar-refractivity contribution in [1.82, 2.24) is 16.0 Å². The lowest BCUT2D eigenvalue weighted by atomic mass is 9.88. The Labute approximate surface area is 271 Å². The molecule has 46 heavy (non-hydrogen) atoms. The molecule has 0 aliphatic carbocycles. The second kappa shape index (κ2) is 17.1. The molecule has 0 aliphatic rings. The summed E-state index contributed by atoms with van der Waals surface area (Å²) < 4.78 is 5.45. The van der Waals surface area contributed by atoms with Gasteiger partial charge in [0.25, 0.3) is 0 Å². The maximum atomic E-state index is 13.7. The minimum Gasteiger partial charge on any atom is -0.444 e. The molecule has 0 aliphatic heterocycles. The van der Waals surface area contributed by atoms with Gasteiger partial charge >= 0.3 is 6.09 Å². The van der Waals surface area contributed by atoms with E-state index in [-0.39, 0.29) is 19.3 Å². The molecule has 0 fully saturated rings. The lowest BCUT2D eigenvalue weighted by Crippen LogP contribution is -2.54. The number of benzene rings is 3. The number of aliphatic hydroxyl groups is 1. The van der Waals surface area contributed by atoms with Gasteiger partial charge in [0.05, 0.1) is 12.1 Å². The van der Waals surface area contributed by atoms with Crippen molar-refractivity contribution in [2.45, 2.75) is 83.2 Å². The van der Waals surface area contributed by atoms with Crippen LogP contribution >= 0.6 is 0 Å². The Morgan fingerprint density at radius 2 is 1.20 bits per heavy atom. The molecule has 0 heterocycles. The van der Waals surface area contributed by atoms with Gasteiger partial charge in [-0.2, -0.15) is 0 Å². The lowest BCUT2D eigenvalue weighted by Gasteiger charge is -2.29. The summed E-state index contributed by atoms with van der Waals surface area (Å²) in [6.45, 7) is 6.77. The number of carbonyl (C=O) groups is 4. The fraction of sp³-hybridized carbons (Fsp3) is 0.389. The van der Waals surface area contributed by atoms with Gasteiger partial charge in [0, 0.05) is 12.3 Å². The monoisotopic (exact) mass is 630 g/mol. The van der Waals surface area contributed by atoms with Crippen molar-refractivity contribution in [2.75, 3.05) is 0 Å². The highest BCUT2D eigenvalue weighted by Crippen LogP contribution is 2.20. The van der Waals surface area contributed by atoms with E-state index in [1.165, 1.54) is 6.92 Å². The Morgan fingerprint density at radius 3 is 1.67 bits per heavy atom. The highest BCUT2D eigenvalue weighted by Gasteiger charge is 2.32. The number of hydrogen-bond donors (Lipinski definition) is 5. The zero-order chi connectivity index (χ0) is 33.7. The van der Waals surface area contributed by atoms with Gasteiger partial charge in [-0.25, -0.2) is 4.79 Å². The Hall–Kier alpha value is -4.70. The largest absolute Gasteiger partial charge is 0.444 e. The highest BCUT2D eigenvalue weighted by atomic mass is 16.6. The maximum absolute atomic E-state index is 13.7. The number of alkyl carbamates (subject to hydrolysis) is 1. The maximum Gasteiger partial charge on any atom is 0.407 e. The van der Waals surface area contributed by atoms with Crippen LogP contribution in [0.2, 0.25) is 0 Å². The first-order valence-electron chi connectivity index (χ1n) is 15.5. The standard InChI is InChI=1S/C36H46N4O6/c1-24(33(43)39-30(32(37)42)22-27-18-12-7-13-19-27)38-34(44)28(20-25-14-8-5-9-15-25)23-31(41)29(21-26-16-10-6-11-17-26)40-35(45)46-36(2,3)4/h5-19,24,28-31,41H,20-23H2,1-4H3,(H2,37,42)(H,38,44)(H,39,43)(H,40,45)/t24-,28+,29-,30-,31?/m0/s1. The molecule has 4 amide bonds. The van der Waals surface area contributed by atoms with Crippen molar-refractivity contribution in [2.24, 2.45) is 11.7 Å². The molecule has 246 valence electrons. The normalized spacial score (nSPS) is 14.5. The molecule has 10 heteroatoms. The Kier molecular flexibility index (Phi) is 13.3. The fourth-order valence-electron chi connectivity index (χ4n) is 5.01. The van der Waals surface area contributed by atoms with E-state index in [0.717, 1.165) is 16.7 Å². The molecule has 0 saturated heterocycles. The number of nitrogens with one attached hydrogen (secondary N) is 3. The van der Waals surface area contributed by atoms with Crippen LogP contribution in [-0.4, -0.2) is 58.8 Å². The number of nitrogens with two attached hydrogens (primary N) is 1.